The van der Waals surface area contributed by atoms with E-state index >= 15 is 0 Å². The number of nitrogen functional groups attached to an aromatic ring is 1. The van der Waals surface area contributed by atoms with E-state index < -0.39 is 0 Å². The van der Waals surface area contributed by atoms with Crippen LogP contribution in [-0.2, 0) is 12.8 Å². The summed E-state index contributed by atoms with van der Waals surface area (Å²) < 4.78 is 0. The lowest BCUT2D eigenvalue weighted by Gasteiger charge is -2.05. The topological polar surface area (TPSA) is 77.6 Å². The van der Waals surface area contributed by atoms with Gasteiger partial charge in [0, 0.05) is 0 Å². The molecule has 0 saturated carbocycles. The number of anilines is 1. The maximum absolute atomic E-state index is 5.50. The number of aryl methyl sites for hydroxylation is 2. The van der Waals surface area contributed by atoms with Crippen molar-refractivity contribution in [1.29, 1.82) is 0 Å². The summed E-state index contributed by atoms with van der Waals surface area (Å²) in [7, 11) is 0. The van der Waals surface area contributed by atoms with E-state index in [2.05, 4.69) is 33.8 Å². The largest absolute Gasteiger partial charge is 0.368 e. The highest BCUT2D eigenvalue weighted by Crippen LogP contribution is 2.12. The number of nitrogens with two attached hydrogens (primary N) is 1. The van der Waals surface area contributed by atoms with Crippen LogP contribution in [-0.4, -0.2) is 19.9 Å². The molecule has 2 aromatic rings. The van der Waals surface area contributed by atoms with Crippen LogP contribution in [0.25, 0.3) is 11.2 Å². The fourth-order valence-corrected chi connectivity index (χ4v) is 1.51. The van der Waals surface area contributed by atoms with Gasteiger partial charge in [-0.1, -0.05) is 13.8 Å². The third kappa shape index (κ3) is 1.72. The molecule has 0 spiro atoms. The third-order valence-electron chi connectivity index (χ3n) is 2.27. The molecule has 0 radical (unpaired) electrons. The summed E-state index contributed by atoms with van der Waals surface area (Å²) >= 11 is 0. The zero-order valence-electron chi connectivity index (χ0n) is 8.86. The van der Waals surface area contributed by atoms with Crippen molar-refractivity contribution < 1.29 is 0 Å². The number of hydrogen-bond acceptors (Lipinski definition) is 5. The van der Waals surface area contributed by atoms with Crippen LogP contribution in [0.3, 0.4) is 0 Å². The van der Waals surface area contributed by atoms with E-state index in [-0.39, 0.29) is 5.95 Å². The van der Waals surface area contributed by atoms with Gasteiger partial charge in [-0.2, -0.15) is 4.98 Å². The molecule has 2 N–H and O–H groups in total. The summed E-state index contributed by atoms with van der Waals surface area (Å²) in [5.74, 6) is 0.239. The van der Waals surface area contributed by atoms with E-state index in [0.29, 0.717) is 11.2 Å². The van der Waals surface area contributed by atoms with Gasteiger partial charge in [-0.3, -0.25) is 0 Å². The van der Waals surface area contributed by atoms with Crippen LogP contribution in [0.15, 0.2) is 6.20 Å². The molecule has 0 fully saturated rings. The second kappa shape index (κ2) is 3.76. The molecule has 0 atom stereocenters. The van der Waals surface area contributed by atoms with Crippen molar-refractivity contribution in [2.45, 2.75) is 26.7 Å². The molecule has 5 heteroatoms. The van der Waals surface area contributed by atoms with E-state index in [9.17, 15) is 0 Å². The Hall–Kier alpha value is -1.78. The van der Waals surface area contributed by atoms with Gasteiger partial charge in [-0.05, 0) is 12.8 Å². The molecule has 0 aliphatic rings. The van der Waals surface area contributed by atoms with Crippen molar-refractivity contribution in [3.63, 3.8) is 0 Å². The number of rotatable bonds is 2. The van der Waals surface area contributed by atoms with Gasteiger partial charge in [0.1, 0.15) is 5.52 Å². The van der Waals surface area contributed by atoms with Gasteiger partial charge >= 0.3 is 0 Å². The van der Waals surface area contributed by atoms with Crippen LogP contribution in [0.1, 0.15) is 25.2 Å². The molecule has 2 rings (SSSR count). The van der Waals surface area contributed by atoms with Crippen LogP contribution in [0.5, 0.6) is 0 Å². The molecule has 0 bridgehead atoms. The highest BCUT2D eigenvalue weighted by atomic mass is 15.0. The highest BCUT2D eigenvalue weighted by Gasteiger charge is 2.07. The minimum absolute atomic E-state index is 0.239. The van der Waals surface area contributed by atoms with Crippen molar-refractivity contribution in [1.82, 2.24) is 19.9 Å². The average Bonchev–Trinajstić information content (AvgIpc) is 2.27. The molecule has 0 saturated heterocycles. The molecule has 0 unspecified atom stereocenters. The molecule has 0 aliphatic carbocycles. The van der Waals surface area contributed by atoms with Crippen LogP contribution in [0.2, 0.25) is 0 Å². The summed E-state index contributed by atoms with van der Waals surface area (Å²) in [5.41, 5.74) is 8.78. The van der Waals surface area contributed by atoms with Gasteiger partial charge in [-0.25, -0.2) is 15.0 Å². The summed E-state index contributed by atoms with van der Waals surface area (Å²) in [6.07, 6.45) is 3.34. The lowest BCUT2D eigenvalue weighted by molar-refractivity contribution is 0.921. The van der Waals surface area contributed by atoms with Gasteiger partial charge in [0.2, 0.25) is 5.95 Å². The van der Waals surface area contributed by atoms with Crippen LogP contribution in [0, 0.1) is 0 Å². The minimum atomic E-state index is 0.239. The van der Waals surface area contributed by atoms with Gasteiger partial charge in [0.25, 0.3) is 0 Å². The Bertz CT molecular complexity index is 494. The molecule has 0 amide bonds. The number of hydrogen-bond donors (Lipinski definition) is 1. The monoisotopic (exact) mass is 203 g/mol. The molecule has 78 valence electrons. The highest BCUT2D eigenvalue weighted by molar-refractivity contribution is 5.69. The van der Waals surface area contributed by atoms with Crippen molar-refractivity contribution in [3.05, 3.63) is 17.6 Å². The van der Waals surface area contributed by atoms with Crippen LogP contribution in [0.4, 0.5) is 5.95 Å². The number of nitrogens with zero attached hydrogens (tertiary/aromatic N) is 4. The zero-order chi connectivity index (χ0) is 10.8. The maximum Gasteiger partial charge on any atom is 0.222 e. The van der Waals surface area contributed by atoms with E-state index in [4.69, 9.17) is 5.73 Å². The summed E-state index contributed by atoms with van der Waals surface area (Å²) in [4.78, 5) is 16.8. The lowest BCUT2D eigenvalue weighted by atomic mass is 10.2. The molecule has 0 aromatic carbocycles. The predicted molar refractivity (Wildman–Crippen MR) is 58.3 cm³/mol. The molecule has 0 aliphatic heterocycles. The Morgan fingerprint density at radius 3 is 2.40 bits per heavy atom. The Morgan fingerprint density at radius 1 is 1.07 bits per heavy atom. The van der Waals surface area contributed by atoms with E-state index in [1.165, 1.54) is 0 Å². The first-order valence-corrected chi connectivity index (χ1v) is 5.02. The van der Waals surface area contributed by atoms with Crippen molar-refractivity contribution >= 4 is 17.1 Å². The summed E-state index contributed by atoms with van der Waals surface area (Å²) in [6, 6.07) is 0. The van der Waals surface area contributed by atoms with Gasteiger partial charge in [0.15, 0.2) is 5.65 Å². The van der Waals surface area contributed by atoms with Crippen LogP contribution >= 0.6 is 0 Å². The maximum atomic E-state index is 5.50. The van der Waals surface area contributed by atoms with Gasteiger partial charge < -0.3 is 5.73 Å². The Kier molecular flexibility index (Phi) is 2.45. The summed E-state index contributed by atoms with van der Waals surface area (Å²) in [5, 5.41) is 0. The molecule has 5 nitrogen and oxygen atoms in total. The normalized spacial score (nSPS) is 10.8. The first-order chi connectivity index (χ1) is 7.24. The predicted octanol–water partition coefficient (Wildman–Crippen LogP) is 1.13. The zero-order valence-corrected chi connectivity index (χ0v) is 8.86. The van der Waals surface area contributed by atoms with Crippen LogP contribution < -0.4 is 5.73 Å². The standard InChI is InChI=1S/C10H13N5/c1-3-6-7(4-2)14-9-8(13-6)5-12-10(11)15-9/h5H,3-4H2,1-2H3,(H2,11,12,14,15). The summed E-state index contributed by atoms with van der Waals surface area (Å²) in [6.45, 7) is 4.12. The smallest absolute Gasteiger partial charge is 0.222 e. The quantitative estimate of drug-likeness (QED) is 0.791. The molecular weight excluding hydrogens is 190 g/mol. The van der Waals surface area contributed by atoms with Crippen molar-refractivity contribution in [2.75, 3.05) is 5.73 Å². The SMILES string of the molecule is CCc1nc2cnc(N)nc2nc1CC. The second-order valence-electron chi connectivity index (χ2n) is 3.26. The number of aromatic nitrogens is 4. The fraction of sp³-hybridized carbons (Fsp3) is 0.400. The van der Waals surface area contributed by atoms with Crippen molar-refractivity contribution in [2.24, 2.45) is 0 Å². The Balaban J connectivity index is 2.69. The second-order valence-corrected chi connectivity index (χ2v) is 3.26. The first-order valence-electron chi connectivity index (χ1n) is 5.02. The van der Waals surface area contributed by atoms with Gasteiger partial charge in [0.05, 0.1) is 17.6 Å². The molecular formula is C10H13N5. The third-order valence-corrected chi connectivity index (χ3v) is 2.27. The first kappa shape index (κ1) is 9.76. The van der Waals surface area contributed by atoms with E-state index in [1.54, 1.807) is 6.20 Å². The fourth-order valence-electron chi connectivity index (χ4n) is 1.51. The average molecular weight is 203 g/mol. The van der Waals surface area contributed by atoms with E-state index in [0.717, 1.165) is 24.2 Å². The van der Waals surface area contributed by atoms with Crippen molar-refractivity contribution in [3.8, 4) is 0 Å². The van der Waals surface area contributed by atoms with Gasteiger partial charge in [-0.15, -0.1) is 0 Å². The van der Waals surface area contributed by atoms with E-state index in [1.807, 2.05) is 0 Å². The minimum Gasteiger partial charge on any atom is -0.368 e. The molecule has 2 heterocycles. The Morgan fingerprint density at radius 2 is 1.73 bits per heavy atom. The molecule has 15 heavy (non-hydrogen) atoms. The lowest BCUT2D eigenvalue weighted by Crippen LogP contribution is -2.03. The molecule has 2 aromatic heterocycles. The number of fused-ring (bicyclic) bond motifs is 1. The Labute approximate surface area is 87.8 Å².